The van der Waals surface area contributed by atoms with Gasteiger partial charge in [-0.2, -0.15) is 0 Å². The van der Waals surface area contributed by atoms with E-state index in [1.807, 2.05) is 6.92 Å². The number of hydrogen-bond donors (Lipinski definition) is 1. The predicted molar refractivity (Wildman–Crippen MR) is 65.5 cm³/mol. The molecule has 1 aromatic heterocycles. The van der Waals surface area contributed by atoms with Crippen molar-refractivity contribution >= 4 is 17.4 Å². The minimum Gasteiger partial charge on any atom is -0.376 e. The molecule has 2 rings (SSSR count). The van der Waals surface area contributed by atoms with Gasteiger partial charge in [0.25, 0.3) is 0 Å². The quantitative estimate of drug-likeness (QED) is 0.829. The summed E-state index contributed by atoms with van der Waals surface area (Å²) in [5.74, 6) is 1.47. The second kappa shape index (κ2) is 6.14. The van der Waals surface area contributed by atoms with Crippen molar-refractivity contribution in [1.29, 1.82) is 0 Å². The molecule has 0 saturated carbocycles. The Bertz CT molecular complexity index is 370. The third-order valence-electron chi connectivity index (χ3n) is 2.45. The fourth-order valence-electron chi connectivity index (χ4n) is 1.59. The number of anilines is 1. The number of ether oxygens (including phenoxy) is 2. The molecule has 1 aliphatic heterocycles. The van der Waals surface area contributed by atoms with Crippen LogP contribution in [0.1, 0.15) is 12.7 Å². The Hall–Kier alpha value is -0.910. The molecule has 0 amide bonds. The predicted octanol–water partition coefficient (Wildman–Crippen LogP) is 1.52. The molecular weight excluding hydrogens is 242 g/mol. The molecule has 17 heavy (non-hydrogen) atoms. The number of rotatable bonds is 4. The summed E-state index contributed by atoms with van der Waals surface area (Å²) < 4.78 is 10.8. The minimum absolute atomic E-state index is 0.0718. The zero-order valence-corrected chi connectivity index (χ0v) is 10.5. The van der Waals surface area contributed by atoms with Crippen molar-refractivity contribution in [2.75, 3.05) is 31.7 Å². The molecule has 0 spiro atoms. The van der Waals surface area contributed by atoms with Crippen LogP contribution in [0.2, 0.25) is 5.15 Å². The van der Waals surface area contributed by atoms with Crippen LogP contribution in [0.3, 0.4) is 0 Å². The number of aromatic nitrogens is 2. The maximum absolute atomic E-state index is 5.90. The van der Waals surface area contributed by atoms with Crippen LogP contribution >= 0.6 is 11.6 Å². The maximum atomic E-state index is 5.90. The highest BCUT2D eigenvalue weighted by molar-refractivity contribution is 6.29. The van der Waals surface area contributed by atoms with Crippen LogP contribution in [0.4, 0.5) is 5.82 Å². The first kappa shape index (κ1) is 12.5. The SMILES string of the molecule is CCc1nc(Cl)cc(NCC2COCCO2)n1. The largest absolute Gasteiger partial charge is 0.376 e. The minimum atomic E-state index is 0.0718. The molecule has 94 valence electrons. The van der Waals surface area contributed by atoms with E-state index in [-0.39, 0.29) is 6.10 Å². The average molecular weight is 258 g/mol. The van der Waals surface area contributed by atoms with E-state index in [0.717, 1.165) is 18.1 Å². The Balaban J connectivity index is 1.91. The third-order valence-corrected chi connectivity index (χ3v) is 2.65. The van der Waals surface area contributed by atoms with E-state index in [1.165, 1.54) is 0 Å². The van der Waals surface area contributed by atoms with E-state index < -0.39 is 0 Å². The molecule has 6 heteroatoms. The van der Waals surface area contributed by atoms with Crippen LogP contribution in [0, 0.1) is 0 Å². The molecule has 0 radical (unpaired) electrons. The van der Waals surface area contributed by atoms with Crippen LogP contribution < -0.4 is 5.32 Å². The van der Waals surface area contributed by atoms with Gasteiger partial charge in [0, 0.05) is 19.0 Å². The van der Waals surface area contributed by atoms with Crippen molar-refractivity contribution in [2.24, 2.45) is 0 Å². The zero-order chi connectivity index (χ0) is 12.1. The van der Waals surface area contributed by atoms with Gasteiger partial charge in [-0.3, -0.25) is 0 Å². The van der Waals surface area contributed by atoms with Gasteiger partial charge in [0.15, 0.2) is 0 Å². The van der Waals surface area contributed by atoms with Gasteiger partial charge in [-0.05, 0) is 0 Å². The second-order valence-electron chi connectivity index (χ2n) is 3.79. The molecule has 1 saturated heterocycles. The summed E-state index contributed by atoms with van der Waals surface area (Å²) in [5.41, 5.74) is 0. The summed E-state index contributed by atoms with van der Waals surface area (Å²) in [4.78, 5) is 8.44. The lowest BCUT2D eigenvalue weighted by Gasteiger charge is -2.23. The van der Waals surface area contributed by atoms with Crippen molar-refractivity contribution in [1.82, 2.24) is 9.97 Å². The van der Waals surface area contributed by atoms with Crippen molar-refractivity contribution < 1.29 is 9.47 Å². The van der Waals surface area contributed by atoms with Crippen molar-refractivity contribution in [3.05, 3.63) is 17.0 Å². The summed E-state index contributed by atoms with van der Waals surface area (Å²) in [5, 5.41) is 3.65. The van der Waals surface area contributed by atoms with Gasteiger partial charge in [-0.25, -0.2) is 9.97 Å². The molecule has 1 atom stereocenters. The fraction of sp³-hybridized carbons (Fsp3) is 0.636. The maximum Gasteiger partial charge on any atom is 0.134 e. The Kier molecular flexibility index (Phi) is 4.53. The highest BCUT2D eigenvalue weighted by atomic mass is 35.5. The average Bonchev–Trinajstić information content (AvgIpc) is 2.37. The number of hydrogen-bond acceptors (Lipinski definition) is 5. The van der Waals surface area contributed by atoms with Crippen LogP contribution in [0.15, 0.2) is 6.07 Å². The smallest absolute Gasteiger partial charge is 0.134 e. The number of halogens is 1. The van der Waals surface area contributed by atoms with Crippen LogP contribution in [-0.4, -0.2) is 42.4 Å². The lowest BCUT2D eigenvalue weighted by Crippen LogP contribution is -2.34. The zero-order valence-electron chi connectivity index (χ0n) is 9.78. The van der Waals surface area contributed by atoms with Crippen LogP contribution in [0.5, 0.6) is 0 Å². The molecule has 0 bridgehead atoms. The second-order valence-corrected chi connectivity index (χ2v) is 4.18. The molecule has 0 aromatic carbocycles. The third kappa shape index (κ3) is 3.80. The lowest BCUT2D eigenvalue weighted by atomic mass is 10.3. The van der Waals surface area contributed by atoms with Gasteiger partial charge in [-0.1, -0.05) is 18.5 Å². The molecule has 1 fully saturated rings. The first-order chi connectivity index (χ1) is 8.28. The first-order valence-corrected chi connectivity index (χ1v) is 6.12. The molecule has 0 aliphatic carbocycles. The summed E-state index contributed by atoms with van der Waals surface area (Å²) in [6, 6.07) is 1.71. The van der Waals surface area contributed by atoms with E-state index in [9.17, 15) is 0 Å². The van der Waals surface area contributed by atoms with Crippen molar-refractivity contribution in [3.8, 4) is 0 Å². The molecule has 1 aliphatic rings. The molecule has 1 unspecified atom stereocenters. The Morgan fingerprint density at radius 1 is 1.47 bits per heavy atom. The van der Waals surface area contributed by atoms with Gasteiger partial charge in [-0.15, -0.1) is 0 Å². The standard InChI is InChI=1S/C11H16ClN3O2/c1-2-10-14-9(12)5-11(15-10)13-6-8-7-16-3-4-17-8/h5,8H,2-4,6-7H2,1H3,(H,13,14,15). The lowest BCUT2D eigenvalue weighted by molar-refractivity contribution is -0.0819. The van der Waals surface area contributed by atoms with E-state index >= 15 is 0 Å². The topological polar surface area (TPSA) is 56.3 Å². The summed E-state index contributed by atoms with van der Waals surface area (Å²) in [7, 11) is 0. The number of nitrogens with one attached hydrogen (secondary N) is 1. The first-order valence-electron chi connectivity index (χ1n) is 5.74. The Labute approximate surface area is 105 Å². The molecule has 2 heterocycles. The fourth-order valence-corrected chi connectivity index (χ4v) is 1.79. The molecule has 1 N–H and O–H groups in total. The number of aryl methyl sites for hydroxylation is 1. The van der Waals surface area contributed by atoms with E-state index in [1.54, 1.807) is 6.07 Å². The van der Waals surface area contributed by atoms with E-state index in [4.69, 9.17) is 21.1 Å². The normalized spacial score (nSPS) is 20.2. The molecule has 5 nitrogen and oxygen atoms in total. The van der Waals surface area contributed by atoms with Crippen LogP contribution in [0.25, 0.3) is 0 Å². The van der Waals surface area contributed by atoms with Crippen molar-refractivity contribution in [2.45, 2.75) is 19.4 Å². The van der Waals surface area contributed by atoms with Gasteiger partial charge in [0.05, 0.1) is 25.9 Å². The highest BCUT2D eigenvalue weighted by Gasteiger charge is 2.14. The summed E-state index contributed by atoms with van der Waals surface area (Å²) >= 11 is 5.90. The molecular formula is C11H16ClN3O2. The Morgan fingerprint density at radius 2 is 2.35 bits per heavy atom. The monoisotopic (exact) mass is 257 g/mol. The van der Waals surface area contributed by atoms with E-state index in [2.05, 4.69) is 15.3 Å². The van der Waals surface area contributed by atoms with Gasteiger partial charge in [0.1, 0.15) is 16.8 Å². The van der Waals surface area contributed by atoms with Crippen LogP contribution in [-0.2, 0) is 15.9 Å². The van der Waals surface area contributed by atoms with Gasteiger partial charge >= 0.3 is 0 Å². The summed E-state index contributed by atoms with van der Waals surface area (Å²) in [6.07, 6.45) is 0.834. The van der Waals surface area contributed by atoms with Crippen molar-refractivity contribution in [3.63, 3.8) is 0 Å². The molecule has 1 aromatic rings. The summed E-state index contributed by atoms with van der Waals surface area (Å²) in [6.45, 7) is 4.60. The Morgan fingerprint density at radius 3 is 3.06 bits per heavy atom. The van der Waals surface area contributed by atoms with Gasteiger partial charge < -0.3 is 14.8 Å². The van der Waals surface area contributed by atoms with Gasteiger partial charge in [0.2, 0.25) is 0 Å². The highest BCUT2D eigenvalue weighted by Crippen LogP contribution is 2.12. The number of nitrogens with zero attached hydrogens (tertiary/aromatic N) is 2. The van der Waals surface area contributed by atoms with E-state index in [0.29, 0.717) is 31.5 Å².